The van der Waals surface area contributed by atoms with Crippen LogP contribution in [0.2, 0.25) is 0 Å². The van der Waals surface area contributed by atoms with Gasteiger partial charge < -0.3 is 5.11 Å². The lowest BCUT2D eigenvalue weighted by atomic mass is 9.95. The molecule has 3 nitrogen and oxygen atoms in total. The molecular formula is C24H21NO2S. The Morgan fingerprint density at radius 2 is 1.75 bits per heavy atom. The van der Waals surface area contributed by atoms with Gasteiger partial charge in [-0.25, -0.2) is 0 Å². The van der Waals surface area contributed by atoms with E-state index in [9.17, 15) is 9.90 Å². The van der Waals surface area contributed by atoms with Gasteiger partial charge in [-0.15, -0.1) is 11.3 Å². The van der Waals surface area contributed by atoms with Gasteiger partial charge in [0.05, 0.1) is 6.04 Å². The fourth-order valence-electron chi connectivity index (χ4n) is 4.48. The SMILES string of the molecule is O=C(O)C1CCCN1C(c1cc2ccccc2s1)c1cccc2ccccc12. The van der Waals surface area contributed by atoms with Crippen molar-refractivity contribution in [3.8, 4) is 0 Å². The molecule has 1 fully saturated rings. The zero-order chi connectivity index (χ0) is 19.1. The minimum absolute atomic E-state index is 0.0490. The minimum Gasteiger partial charge on any atom is -0.480 e. The predicted octanol–water partition coefficient (Wildman–Crippen LogP) is 5.69. The van der Waals surface area contributed by atoms with E-state index in [1.807, 2.05) is 0 Å². The second-order valence-corrected chi connectivity index (χ2v) is 8.51. The fourth-order valence-corrected chi connectivity index (χ4v) is 5.69. The van der Waals surface area contributed by atoms with Crippen molar-refractivity contribution in [2.45, 2.75) is 24.9 Å². The molecule has 1 aliphatic rings. The van der Waals surface area contributed by atoms with Gasteiger partial charge in [-0.05, 0) is 46.7 Å². The van der Waals surface area contributed by atoms with Gasteiger partial charge in [-0.2, -0.15) is 0 Å². The van der Waals surface area contributed by atoms with Crippen LogP contribution in [0.4, 0.5) is 0 Å². The first-order chi connectivity index (χ1) is 13.7. The Bertz CT molecular complexity index is 1130. The highest BCUT2D eigenvalue weighted by atomic mass is 32.1. The quantitative estimate of drug-likeness (QED) is 0.489. The van der Waals surface area contributed by atoms with Crippen LogP contribution in [0.1, 0.15) is 29.3 Å². The molecule has 0 saturated carbocycles. The molecule has 28 heavy (non-hydrogen) atoms. The number of carboxylic acid groups (broad SMARTS) is 1. The molecule has 2 unspecified atom stereocenters. The summed E-state index contributed by atoms with van der Waals surface area (Å²) in [6.07, 6.45) is 1.63. The minimum atomic E-state index is -0.719. The van der Waals surface area contributed by atoms with E-state index in [0.717, 1.165) is 13.0 Å². The Labute approximate surface area is 167 Å². The number of hydrogen-bond donors (Lipinski definition) is 1. The largest absolute Gasteiger partial charge is 0.480 e. The molecule has 1 N–H and O–H groups in total. The van der Waals surface area contributed by atoms with E-state index in [-0.39, 0.29) is 6.04 Å². The second kappa shape index (κ2) is 7.04. The molecule has 140 valence electrons. The average molecular weight is 388 g/mol. The van der Waals surface area contributed by atoms with E-state index >= 15 is 0 Å². The van der Waals surface area contributed by atoms with E-state index < -0.39 is 12.0 Å². The third kappa shape index (κ3) is 2.89. The van der Waals surface area contributed by atoms with Gasteiger partial charge in [0.15, 0.2) is 0 Å². The lowest BCUT2D eigenvalue weighted by Crippen LogP contribution is -2.39. The highest BCUT2D eigenvalue weighted by molar-refractivity contribution is 7.19. The summed E-state index contributed by atoms with van der Waals surface area (Å²) in [5, 5.41) is 13.5. The molecule has 1 saturated heterocycles. The maximum absolute atomic E-state index is 12.0. The number of hydrogen-bond acceptors (Lipinski definition) is 3. The molecule has 0 aliphatic carbocycles. The lowest BCUT2D eigenvalue weighted by Gasteiger charge is -2.31. The number of rotatable bonds is 4. The summed E-state index contributed by atoms with van der Waals surface area (Å²) < 4.78 is 1.24. The molecule has 1 aliphatic heterocycles. The monoisotopic (exact) mass is 387 g/mol. The predicted molar refractivity (Wildman–Crippen MR) is 115 cm³/mol. The van der Waals surface area contributed by atoms with Gasteiger partial charge in [-0.3, -0.25) is 9.69 Å². The summed E-state index contributed by atoms with van der Waals surface area (Å²) in [5.74, 6) is -0.719. The maximum Gasteiger partial charge on any atom is 0.320 e. The standard InChI is InChI=1S/C24H21NO2S/c26-24(27)20-12-6-14-25(20)23(22-15-17-8-2-4-13-21(17)28-22)19-11-5-9-16-7-1-3-10-18(16)19/h1-5,7-11,13,15,20,23H,6,12,14H2,(H,26,27). The third-order valence-corrected chi connectivity index (χ3v) is 6.91. The van der Waals surface area contributed by atoms with Crippen molar-refractivity contribution in [3.63, 3.8) is 0 Å². The topological polar surface area (TPSA) is 40.5 Å². The Hall–Kier alpha value is -2.69. The molecule has 4 aromatic rings. The number of likely N-dealkylation sites (tertiary alicyclic amines) is 1. The average Bonchev–Trinajstić information content (AvgIpc) is 3.36. The van der Waals surface area contributed by atoms with Crippen molar-refractivity contribution in [1.29, 1.82) is 0 Å². The summed E-state index contributed by atoms with van der Waals surface area (Å²) in [7, 11) is 0. The molecule has 2 atom stereocenters. The Balaban J connectivity index is 1.73. The Kier molecular flexibility index (Phi) is 4.38. The molecular weight excluding hydrogens is 366 g/mol. The molecule has 0 bridgehead atoms. The van der Waals surface area contributed by atoms with Gasteiger partial charge in [0.25, 0.3) is 0 Å². The fraction of sp³-hybridized carbons (Fsp3) is 0.208. The van der Waals surface area contributed by atoms with Gasteiger partial charge >= 0.3 is 5.97 Å². The molecule has 1 aromatic heterocycles. The van der Waals surface area contributed by atoms with E-state index in [0.29, 0.717) is 6.42 Å². The zero-order valence-corrected chi connectivity index (χ0v) is 16.2. The van der Waals surface area contributed by atoms with Crippen LogP contribution in [0.15, 0.2) is 72.8 Å². The van der Waals surface area contributed by atoms with Crippen molar-refractivity contribution < 1.29 is 9.90 Å². The first kappa shape index (κ1) is 17.4. The van der Waals surface area contributed by atoms with Crippen LogP contribution < -0.4 is 0 Å². The van der Waals surface area contributed by atoms with Crippen molar-refractivity contribution in [2.75, 3.05) is 6.54 Å². The highest BCUT2D eigenvalue weighted by Gasteiger charge is 2.38. The molecule has 4 heteroatoms. The van der Waals surface area contributed by atoms with Crippen LogP contribution in [-0.4, -0.2) is 28.6 Å². The normalized spacial score (nSPS) is 18.6. The molecule has 0 amide bonds. The van der Waals surface area contributed by atoms with E-state index in [1.54, 1.807) is 11.3 Å². The maximum atomic E-state index is 12.0. The Morgan fingerprint density at radius 3 is 2.57 bits per heavy atom. The van der Waals surface area contributed by atoms with Gasteiger partial charge in [0.2, 0.25) is 0 Å². The van der Waals surface area contributed by atoms with Crippen molar-refractivity contribution >= 4 is 38.2 Å². The molecule has 2 heterocycles. The number of benzene rings is 3. The summed E-state index contributed by atoms with van der Waals surface area (Å²) in [5.41, 5.74) is 1.19. The molecule has 5 rings (SSSR count). The summed E-state index contributed by atoms with van der Waals surface area (Å²) in [6, 6.07) is 24.9. The Morgan fingerprint density at radius 1 is 1.00 bits per heavy atom. The van der Waals surface area contributed by atoms with Crippen LogP contribution in [0, 0.1) is 0 Å². The number of fused-ring (bicyclic) bond motifs is 2. The highest BCUT2D eigenvalue weighted by Crippen LogP contribution is 2.42. The lowest BCUT2D eigenvalue weighted by molar-refractivity contribution is -0.142. The number of thiophene rings is 1. The van der Waals surface area contributed by atoms with Gasteiger partial charge in [0.1, 0.15) is 6.04 Å². The zero-order valence-electron chi connectivity index (χ0n) is 15.4. The van der Waals surface area contributed by atoms with E-state index in [4.69, 9.17) is 0 Å². The van der Waals surface area contributed by atoms with Crippen LogP contribution in [0.5, 0.6) is 0 Å². The van der Waals surface area contributed by atoms with Crippen LogP contribution in [0.25, 0.3) is 20.9 Å². The first-order valence-electron chi connectivity index (χ1n) is 9.67. The van der Waals surface area contributed by atoms with Crippen LogP contribution in [-0.2, 0) is 4.79 Å². The summed E-state index contributed by atoms with van der Waals surface area (Å²) in [6.45, 7) is 0.805. The second-order valence-electron chi connectivity index (χ2n) is 7.39. The summed E-state index contributed by atoms with van der Waals surface area (Å²) >= 11 is 1.77. The van der Waals surface area contributed by atoms with E-state index in [2.05, 4.69) is 77.7 Å². The molecule has 0 spiro atoms. The van der Waals surface area contributed by atoms with Crippen molar-refractivity contribution in [2.24, 2.45) is 0 Å². The van der Waals surface area contributed by atoms with E-state index in [1.165, 1.54) is 31.3 Å². The molecule has 0 radical (unpaired) electrons. The van der Waals surface area contributed by atoms with Crippen molar-refractivity contribution in [1.82, 2.24) is 4.90 Å². The number of carbonyl (C=O) groups is 1. The van der Waals surface area contributed by atoms with Crippen molar-refractivity contribution in [3.05, 3.63) is 83.2 Å². The van der Waals surface area contributed by atoms with Gasteiger partial charge in [-0.1, -0.05) is 60.7 Å². The number of aliphatic carboxylic acids is 1. The molecule has 3 aromatic carbocycles. The first-order valence-corrected chi connectivity index (χ1v) is 10.5. The third-order valence-electron chi connectivity index (χ3n) is 5.74. The number of carboxylic acids is 1. The smallest absolute Gasteiger partial charge is 0.320 e. The number of nitrogens with zero attached hydrogens (tertiary/aromatic N) is 1. The summed E-state index contributed by atoms with van der Waals surface area (Å²) in [4.78, 5) is 15.4. The van der Waals surface area contributed by atoms with Gasteiger partial charge in [0, 0.05) is 16.1 Å². The van der Waals surface area contributed by atoms with Crippen LogP contribution >= 0.6 is 11.3 Å². The van der Waals surface area contributed by atoms with Crippen LogP contribution in [0.3, 0.4) is 0 Å².